The topological polar surface area (TPSA) is 12.0 Å². The van der Waals surface area contributed by atoms with Crippen LogP contribution in [0.4, 0.5) is 0 Å². The fraction of sp³-hybridized carbons (Fsp3) is 0.733. The molecular formula is C15H27NS. The van der Waals surface area contributed by atoms with Gasteiger partial charge in [0, 0.05) is 21.8 Å². The first kappa shape index (κ1) is 14.7. The summed E-state index contributed by atoms with van der Waals surface area (Å²) in [4.78, 5) is 2.89. The van der Waals surface area contributed by atoms with Crippen molar-refractivity contribution in [2.75, 3.05) is 0 Å². The molecule has 2 atom stereocenters. The number of hydrogen-bond donors (Lipinski definition) is 1. The minimum atomic E-state index is 0.488. The van der Waals surface area contributed by atoms with Crippen molar-refractivity contribution in [1.29, 1.82) is 0 Å². The van der Waals surface area contributed by atoms with E-state index in [0.717, 1.165) is 0 Å². The zero-order chi connectivity index (χ0) is 12.8. The van der Waals surface area contributed by atoms with E-state index in [1.807, 2.05) is 11.3 Å². The van der Waals surface area contributed by atoms with Crippen LogP contribution in [0.2, 0.25) is 0 Å². The number of unbranched alkanes of at least 4 members (excludes halogenated alkanes) is 1. The molecule has 2 heteroatoms. The van der Waals surface area contributed by atoms with E-state index >= 15 is 0 Å². The summed E-state index contributed by atoms with van der Waals surface area (Å²) >= 11 is 1.91. The van der Waals surface area contributed by atoms with Crippen LogP contribution in [0.25, 0.3) is 0 Å². The van der Waals surface area contributed by atoms with Gasteiger partial charge in [-0.05, 0) is 45.2 Å². The zero-order valence-electron chi connectivity index (χ0n) is 12.0. The first-order chi connectivity index (χ1) is 8.08. The fourth-order valence-corrected chi connectivity index (χ4v) is 3.40. The fourth-order valence-electron chi connectivity index (χ4n) is 2.38. The minimum absolute atomic E-state index is 0.488. The summed E-state index contributed by atoms with van der Waals surface area (Å²) in [5.41, 5.74) is 1.49. The van der Waals surface area contributed by atoms with Gasteiger partial charge in [-0.25, -0.2) is 0 Å². The molecule has 0 amide bonds. The molecule has 0 aliphatic carbocycles. The third-order valence-electron chi connectivity index (χ3n) is 3.43. The van der Waals surface area contributed by atoms with Crippen LogP contribution in [-0.2, 0) is 0 Å². The van der Waals surface area contributed by atoms with Crippen LogP contribution < -0.4 is 5.32 Å². The van der Waals surface area contributed by atoms with Gasteiger partial charge in [-0.2, -0.15) is 0 Å². The van der Waals surface area contributed by atoms with E-state index in [4.69, 9.17) is 0 Å². The molecule has 0 bridgehead atoms. The van der Waals surface area contributed by atoms with Crippen molar-refractivity contribution in [3.63, 3.8) is 0 Å². The quantitative estimate of drug-likeness (QED) is 0.722. The van der Waals surface area contributed by atoms with E-state index in [2.05, 4.69) is 46.0 Å². The number of rotatable bonds is 7. The summed E-state index contributed by atoms with van der Waals surface area (Å²) in [5.74, 6) is 0. The highest BCUT2D eigenvalue weighted by atomic mass is 32.1. The lowest BCUT2D eigenvalue weighted by Crippen LogP contribution is -2.31. The largest absolute Gasteiger partial charge is 0.307 e. The summed E-state index contributed by atoms with van der Waals surface area (Å²) < 4.78 is 0. The summed E-state index contributed by atoms with van der Waals surface area (Å²) in [6.45, 7) is 11.3. The highest BCUT2D eigenvalue weighted by Crippen LogP contribution is 2.26. The molecule has 1 N–H and O–H groups in total. The van der Waals surface area contributed by atoms with Gasteiger partial charge in [0.05, 0.1) is 0 Å². The van der Waals surface area contributed by atoms with Gasteiger partial charge in [0.25, 0.3) is 0 Å². The van der Waals surface area contributed by atoms with Crippen LogP contribution in [0.3, 0.4) is 0 Å². The van der Waals surface area contributed by atoms with Gasteiger partial charge in [-0.15, -0.1) is 11.3 Å². The van der Waals surface area contributed by atoms with Crippen LogP contribution in [0.5, 0.6) is 0 Å². The van der Waals surface area contributed by atoms with Crippen LogP contribution >= 0.6 is 11.3 Å². The van der Waals surface area contributed by atoms with Crippen LogP contribution in [-0.4, -0.2) is 6.04 Å². The molecule has 17 heavy (non-hydrogen) atoms. The van der Waals surface area contributed by atoms with E-state index in [1.165, 1.54) is 41.0 Å². The highest BCUT2D eigenvalue weighted by molar-refractivity contribution is 7.12. The minimum Gasteiger partial charge on any atom is -0.307 e. The van der Waals surface area contributed by atoms with Gasteiger partial charge in [0.2, 0.25) is 0 Å². The average Bonchev–Trinajstić information content (AvgIpc) is 2.63. The highest BCUT2D eigenvalue weighted by Gasteiger charge is 2.14. The maximum absolute atomic E-state index is 3.78. The van der Waals surface area contributed by atoms with Crippen molar-refractivity contribution in [1.82, 2.24) is 5.32 Å². The average molecular weight is 253 g/mol. The molecule has 0 aliphatic rings. The first-order valence-electron chi connectivity index (χ1n) is 6.91. The van der Waals surface area contributed by atoms with E-state index in [1.54, 1.807) is 0 Å². The van der Waals surface area contributed by atoms with Crippen molar-refractivity contribution in [2.45, 2.75) is 72.4 Å². The molecular weight excluding hydrogens is 226 g/mol. The Labute approximate surface area is 111 Å². The Bertz CT molecular complexity index is 330. The molecule has 0 spiro atoms. The van der Waals surface area contributed by atoms with E-state index in [-0.39, 0.29) is 0 Å². The van der Waals surface area contributed by atoms with Crippen molar-refractivity contribution >= 4 is 11.3 Å². The molecule has 1 aromatic rings. The van der Waals surface area contributed by atoms with Gasteiger partial charge in [0.15, 0.2) is 0 Å². The zero-order valence-corrected chi connectivity index (χ0v) is 12.8. The second-order valence-corrected chi connectivity index (χ2v) is 6.46. The Morgan fingerprint density at radius 2 is 2.00 bits per heavy atom. The lowest BCUT2D eigenvalue weighted by Gasteiger charge is -2.22. The summed E-state index contributed by atoms with van der Waals surface area (Å²) in [6, 6.07) is 3.50. The summed E-state index contributed by atoms with van der Waals surface area (Å²) in [7, 11) is 0. The van der Waals surface area contributed by atoms with Gasteiger partial charge in [0.1, 0.15) is 0 Å². The molecule has 0 radical (unpaired) electrons. The smallest absolute Gasteiger partial charge is 0.0305 e. The van der Waals surface area contributed by atoms with Crippen molar-refractivity contribution in [2.24, 2.45) is 0 Å². The predicted octanol–water partition coefficient (Wildman–Crippen LogP) is 4.98. The van der Waals surface area contributed by atoms with Crippen molar-refractivity contribution < 1.29 is 0 Å². The molecule has 1 nitrogen and oxygen atoms in total. The molecule has 0 aliphatic heterocycles. The Morgan fingerprint density at radius 3 is 2.47 bits per heavy atom. The van der Waals surface area contributed by atoms with Gasteiger partial charge in [-0.3, -0.25) is 0 Å². The normalized spacial score (nSPS) is 14.9. The molecule has 0 saturated carbocycles. The second kappa shape index (κ2) is 7.17. The molecule has 0 aromatic carbocycles. The monoisotopic (exact) mass is 253 g/mol. The third-order valence-corrected chi connectivity index (χ3v) is 4.41. The van der Waals surface area contributed by atoms with E-state index < -0.39 is 0 Å². The van der Waals surface area contributed by atoms with E-state index in [9.17, 15) is 0 Å². The molecule has 1 rings (SSSR count). The van der Waals surface area contributed by atoms with Gasteiger partial charge >= 0.3 is 0 Å². The number of hydrogen-bond acceptors (Lipinski definition) is 2. The first-order valence-corrected chi connectivity index (χ1v) is 7.73. The lowest BCUT2D eigenvalue weighted by molar-refractivity contribution is 0.410. The van der Waals surface area contributed by atoms with Crippen LogP contribution in [0.1, 0.15) is 67.8 Å². The lowest BCUT2D eigenvalue weighted by atomic mass is 10.0. The van der Waals surface area contributed by atoms with Gasteiger partial charge in [-0.1, -0.05) is 26.7 Å². The number of thiophene rings is 1. The number of nitrogens with one attached hydrogen (secondary N) is 1. The second-order valence-electron chi connectivity index (χ2n) is 5.00. The summed E-state index contributed by atoms with van der Waals surface area (Å²) in [5, 5.41) is 3.78. The standard InChI is InChI=1S/C15H27NS/c1-6-8-9-14(7-2)16-12(4)15-10-11(3)17-13(15)5/h10,12,14,16H,6-9H2,1-5H3. The maximum atomic E-state index is 3.78. The Kier molecular flexibility index (Phi) is 6.21. The van der Waals surface area contributed by atoms with Crippen LogP contribution in [0, 0.1) is 13.8 Å². The third kappa shape index (κ3) is 4.44. The Hall–Kier alpha value is -0.340. The molecule has 98 valence electrons. The number of aryl methyl sites for hydroxylation is 2. The SMILES string of the molecule is CCCCC(CC)NC(C)c1cc(C)sc1C. The van der Waals surface area contributed by atoms with E-state index in [0.29, 0.717) is 12.1 Å². The van der Waals surface area contributed by atoms with Crippen molar-refractivity contribution in [3.8, 4) is 0 Å². The molecule has 0 saturated heterocycles. The van der Waals surface area contributed by atoms with Crippen LogP contribution in [0.15, 0.2) is 6.07 Å². The predicted molar refractivity (Wildman–Crippen MR) is 78.9 cm³/mol. The molecule has 0 fully saturated rings. The Balaban J connectivity index is 2.57. The molecule has 1 heterocycles. The maximum Gasteiger partial charge on any atom is 0.0305 e. The summed E-state index contributed by atoms with van der Waals surface area (Å²) in [6.07, 6.45) is 5.16. The van der Waals surface area contributed by atoms with Gasteiger partial charge < -0.3 is 5.32 Å². The Morgan fingerprint density at radius 1 is 1.29 bits per heavy atom. The van der Waals surface area contributed by atoms with Crippen molar-refractivity contribution in [3.05, 3.63) is 21.4 Å². The molecule has 2 unspecified atom stereocenters. The molecule has 1 aromatic heterocycles.